The number of nitrogens with one attached hydrogen (secondary N) is 1. The average Bonchev–Trinajstić information content (AvgIpc) is 3.08. The molecule has 8 nitrogen and oxygen atoms in total. The van der Waals surface area contributed by atoms with Gasteiger partial charge in [-0.3, -0.25) is 14.4 Å². The lowest BCUT2D eigenvalue weighted by molar-refractivity contribution is -0.134. The van der Waals surface area contributed by atoms with Gasteiger partial charge in [0.25, 0.3) is 5.91 Å². The van der Waals surface area contributed by atoms with Crippen LogP contribution in [0.5, 0.6) is 5.75 Å². The van der Waals surface area contributed by atoms with Crippen LogP contribution >= 0.6 is 11.6 Å². The van der Waals surface area contributed by atoms with Crippen molar-refractivity contribution in [1.29, 1.82) is 0 Å². The SMILES string of the molecule is CCN(Cc1ccccc1Cl)C(=O)C1=C(c2ccc(CCCOc3c(F)ccc(F)c3F)cc2)CC2CN(C(=O)CCCC(N)=O)CC1N2. The molecule has 2 aliphatic heterocycles. The number of likely N-dealkylation sites (N-methyl/N-ethyl adjacent to an activating group) is 1. The lowest BCUT2D eigenvalue weighted by Crippen LogP contribution is -2.62. The normalized spacial score (nSPS) is 17.2. The quantitative estimate of drug-likeness (QED) is 0.164. The zero-order valence-corrected chi connectivity index (χ0v) is 28.1. The summed E-state index contributed by atoms with van der Waals surface area (Å²) in [5.41, 5.74) is 9.44. The van der Waals surface area contributed by atoms with Crippen LogP contribution in [0.4, 0.5) is 13.2 Å². The van der Waals surface area contributed by atoms with E-state index in [1.165, 1.54) is 0 Å². The van der Waals surface area contributed by atoms with Gasteiger partial charge in [0, 0.05) is 55.7 Å². The van der Waals surface area contributed by atoms with Crippen LogP contribution in [0.1, 0.15) is 55.7 Å². The van der Waals surface area contributed by atoms with Gasteiger partial charge in [0.2, 0.25) is 17.6 Å². The Morgan fingerprint density at radius 1 is 0.980 bits per heavy atom. The molecule has 3 aromatic rings. The van der Waals surface area contributed by atoms with Crippen molar-refractivity contribution in [2.45, 2.75) is 64.1 Å². The monoisotopic (exact) mass is 696 g/mol. The third kappa shape index (κ3) is 8.82. The van der Waals surface area contributed by atoms with Crippen molar-refractivity contribution in [2.75, 3.05) is 26.2 Å². The van der Waals surface area contributed by atoms with Crippen molar-refractivity contribution in [3.8, 4) is 5.75 Å². The smallest absolute Gasteiger partial charge is 0.252 e. The fraction of sp³-hybridized carbons (Fsp3) is 0.378. The standard InChI is InChI=1S/C37H40ClF3N4O4/c1-2-44(20-25-8-3-4-9-28(25)38)37(48)34-27(19-26-21-45(22-31(34)43-26)33(47)11-5-10-32(42)46)24-14-12-23(13-15-24)7-6-18-49-36-30(40)17-16-29(39)35(36)41/h3-4,8-9,12-17,26,31,43H,2,5-7,10-11,18-22H2,1H3,(H2,42,46). The third-order valence-corrected chi connectivity index (χ3v) is 9.32. The molecule has 1 fully saturated rings. The molecule has 1 saturated heterocycles. The number of fused-ring (bicyclic) bond motifs is 2. The fourth-order valence-corrected chi connectivity index (χ4v) is 6.63. The van der Waals surface area contributed by atoms with Gasteiger partial charge in [0.15, 0.2) is 17.4 Å². The molecule has 0 aromatic heterocycles. The largest absolute Gasteiger partial charge is 0.488 e. The molecule has 12 heteroatoms. The number of hydrogen-bond acceptors (Lipinski definition) is 5. The van der Waals surface area contributed by atoms with E-state index < -0.39 is 35.2 Å². The zero-order valence-electron chi connectivity index (χ0n) is 27.3. The Kier molecular flexibility index (Phi) is 12.0. The molecule has 0 saturated carbocycles. The van der Waals surface area contributed by atoms with Crippen molar-refractivity contribution in [3.05, 3.63) is 105 Å². The highest BCUT2D eigenvalue weighted by Gasteiger charge is 2.40. The summed E-state index contributed by atoms with van der Waals surface area (Å²) in [6.07, 6.45) is 2.22. The maximum absolute atomic E-state index is 14.4. The van der Waals surface area contributed by atoms with Gasteiger partial charge in [-0.1, -0.05) is 54.1 Å². The van der Waals surface area contributed by atoms with E-state index in [1.807, 2.05) is 49.4 Å². The molecule has 2 atom stereocenters. The minimum Gasteiger partial charge on any atom is -0.488 e. The van der Waals surface area contributed by atoms with Crippen molar-refractivity contribution >= 4 is 34.9 Å². The van der Waals surface area contributed by atoms with E-state index in [4.69, 9.17) is 22.1 Å². The second-order valence-electron chi connectivity index (χ2n) is 12.4. The number of nitrogens with two attached hydrogens (primary N) is 1. The van der Waals surface area contributed by atoms with E-state index in [9.17, 15) is 27.6 Å². The van der Waals surface area contributed by atoms with Gasteiger partial charge in [-0.2, -0.15) is 4.39 Å². The summed E-state index contributed by atoms with van der Waals surface area (Å²) in [7, 11) is 0. The summed E-state index contributed by atoms with van der Waals surface area (Å²) in [6, 6.07) is 16.3. The Hall–Kier alpha value is -4.35. The molecule has 0 aliphatic carbocycles. The van der Waals surface area contributed by atoms with E-state index >= 15 is 0 Å². The number of aryl methyl sites for hydroxylation is 1. The van der Waals surface area contributed by atoms with Gasteiger partial charge in [0.1, 0.15) is 0 Å². The molecule has 3 N–H and O–H groups in total. The minimum absolute atomic E-state index is 0.00604. The molecule has 5 rings (SSSR count). The van der Waals surface area contributed by atoms with Crippen LogP contribution in [0.25, 0.3) is 5.57 Å². The Morgan fingerprint density at radius 2 is 1.71 bits per heavy atom. The average molecular weight is 697 g/mol. The van der Waals surface area contributed by atoms with Gasteiger partial charge in [-0.15, -0.1) is 0 Å². The highest BCUT2D eigenvalue weighted by Crippen LogP contribution is 2.35. The van der Waals surface area contributed by atoms with Crippen molar-refractivity contribution < 1.29 is 32.3 Å². The first-order chi connectivity index (χ1) is 23.5. The van der Waals surface area contributed by atoms with Crippen LogP contribution in [0, 0.1) is 17.5 Å². The topological polar surface area (TPSA) is 105 Å². The number of rotatable bonds is 14. The van der Waals surface area contributed by atoms with Crippen LogP contribution in [-0.2, 0) is 27.3 Å². The van der Waals surface area contributed by atoms with Crippen molar-refractivity contribution in [1.82, 2.24) is 15.1 Å². The van der Waals surface area contributed by atoms with Gasteiger partial charge in [-0.05, 0) is 73.1 Å². The molecule has 0 spiro atoms. The zero-order chi connectivity index (χ0) is 35.1. The van der Waals surface area contributed by atoms with E-state index in [1.54, 1.807) is 15.9 Å². The first-order valence-electron chi connectivity index (χ1n) is 16.5. The lowest BCUT2D eigenvalue weighted by atomic mass is 9.82. The van der Waals surface area contributed by atoms with Gasteiger partial charge >= 0.3 is 0 Å². The first-order valence-corrected chi connectivity index (χ1v) is 16.9. The molecule has 3 amide bonds. The Labute approximate surface area is 289 Å². The molecule has 2 aliphatic rings. The number of ether oxygens (including phenoxy) is 1. The number of piperazine rings is 1. The van der Waals surface area contributed by atoms with Gasteiger partial charge in [0.05, 0.1) is 12.6 Å². The highest BCUT2D eigenvalue weighted by atomic mass is 35.5. The second-order valence-corrected chi connectivity index (χ2v) is 12.8. The molecule has 260 valence electrons. The Balaban J connectivity index is 1.36. The van der Waals surface area contributed by atoms with Gasteiger partial charge in [-0.25, -0.2) is 8.78 Å². The third-order valence-electron chi connectivity index (χ3n) is 8.95. The van der Waals surface area contributed by atoms with Crippen LogP contribution in [0.15, 0.2) is 66.2 Å². The number of primary amides is 1. The number of halogens is 4. The summed E-state index contributed by atoms with van der Waals surface area (Å²) in [4.78, 5) is 42.3. The number of hydrogen-bond donors (Lipinski definition) is 2. The number of carbonyl (C=O) groups excluding carboxylic acids is 3. The van der Waals surface area contributed by atoms with Crippen LogP contribution < -0.4 is 15.8 Å². The predicted molar refractivity (Wildman–Crippen MR) is 181 cm³/mol. The number of nitrogens with zero attached hydrogens (tertiary/aromatic N) is 2. The van der Waals surface area contributed by atoms with E-state index in [0.29, 0.717) is 68.5 Å². The molecule has 3 aromatic carbocycles. The molecule has 0 radical (unpaired) electrons. The highest BCUT2D eigenvalue weighted by molar-refractivity contribution is 6.31. The fourth-order valence-electron chi connectivity index (χ4n) is 6.44. The summed E-state index contributed by atoms with van der Waals surface area (Å²) in [5.74, 6) is -4.87. The maximum atomic E-state index is 14.4. The molecule has 49 heavy (non-hydrogen) atoms. The predicted octanol–water partition coefficient (Wildman–Crippen LogP) is 5.80. The summed E-state index contributed by atoms with van der Waals surface area (Å²) >= 11 is 6.46. The maximum Gasteiger partial charge on any atom is 0.252 e. The molecular weight excluding hydrogens is 657 g/mol. The van der Waals surface area contributed by atoms with E-state index in [0.717, 1.165) is 28.3 Å². The molecule has 2 heterocycles. The number of benzene rings is 3. The molecule has 2 bridgehead atoms. The number of amides is 3. The molecular formula is C37H40ClF3N4O4. The van der Waals surface area contributed by atoms with Crippen LogP contribution in [0.2, 0.25) is 5.02 Å². The molecule has 2 unspecified atom stereocenters. The summed E-state index contributed by atoms with van der Waals surface area (Å²) < 4.78 is 46.5. The summed E-state index contributed by atoms with van der Waals surface area (Å²) in [5, 5.41) is 4.15. The van der Waals surface area contributed by atoms with E-state index in [-0.39, 0.29) is 37.3 Å². The number of carbonyl (C=O) groups is 3. The van der Waals surface area contributed by atoms with Crippen LogP contribution in [0.3, 0.4) is 0 Å². The Morgan fingerprint density at radius 3 is 2.43 bits per heavy atom. The van der Waals surface area contributed by atoms with Gasteiger partial charge < -0.3 is 25.6 Å². The van der Waals surface area contributed by atoms with E-state index in [2.05, 4.69) is 5.32 Å². The lowest BCUT2D eigenvalue weighted by Gasteiger charge is -2.45. The van der Waals surface area contributed by atoms with Crippen LogP contribution in [-0.4, -0.2) is 65.8 Å². The Bertz CT molecular complexity index is 1720. The van der Waals surface area contributed by atoms with Crippen molar-refractivity contribution in [3.63, 3.8) is 0 Å². The van der Waals surface area contributed by atoms with Crippen molar-refractivity contribution in [2.24, 2.45) is 5.73 Å². The first kappa shape index (κ1) is 35.9. The minimum atomic E-state index is -1.35. The second kappa shape index (κ2) is 16.4. The summed E-state index contributed by atoms with van der Waals surface area (Å²) in [6.45, 7) is 3.45.